The minimum Gasteiger partial charge on any atom is -0.544 e. The van der Waals surface area contributed by atoms with Crippen LogP contribution in [0.15, 0.2) is 0 Å². The quantitative estimate of drug-likeness (QED) is 0.289. The van der Waals surface area contributed by atoms with Gasteiger partial charge in [0.15, 0.2) is 0 Å². The molecular formula is C11H18NO9-. The van der Waals surface area contributed by atoms with E-state index in [0.717, 1.165) is 6.92 Å². The Labute approximate surface area is 119 Å². The van der Waals surface area contributed by atoms with E-state index in [4.69, 9.17) is 9.84 Å². The standard InChI is InChI=1S/C11H19NO9/c1-4(14)12-7-5(15)2-11(20,10(18)19)21-9(7)8(17)6(16)3-13/h5-9,13,15-17,20H,2-3H2,1H3,(H,12,14)(H,18,19)/p-1/t5-,6+,7+,8-,9-,11-/m0/s1. The van der Waals surface area contributed by atoms with Crippen molar-refractivity contribution >= 4 is 11.9 Å². The Kier molecular flexibility index (Phi) is 5.61. The van der Waals surface area contributed by atoms with Gasteiger partial charge in [-0.1, -0.05) is 0 Å². The smallest absolute Gasteiger partial charge is 0.217 e. The molecule has 1 heterocycles. The average Bonchev–Trinajstić information content (AvgIpc) is 2.39. The summed E-state index contributed by atoms with van der Waals surface area (Å²) in [5.74, 6) is -5.55. The van der Waals surface area contributed by atoms with Crippen molar-refractivity contribution in [3.8, 4) is 0 Å². The van der Waals surface area contributed by atoms with E-state index in [0.29, 0.717) is 0 Å². The predicted octanol–water partition coefficient (Wildman–Crippen LogP) is -5.21. The third-order valence-corrected chi connectivity index (χ3v) is 3.19. The summed E-state index contributed by atoms with van der Waals surface area (Å²) in [4.78, 5) is 22.0. The van der Waals surface area contributed by atoms with Gasteiger partial charge in [-0.3, -0.25) is 4.79 Å². The lowest BCUT2D eigenvalue weighted by Crippen LogP contribution is -2.68. The molecule has 1 aliphatic rings. The number of aliphatic hydroxyl groups is 5. The van der Waals surface area contributed by atoms with Crippen LogP contribution in [-0.2, 0) is 14.3 Å². The second-order valence-corrected chi connectivity index (χ2v) is 4.89. The molecule has 0 unspecified atom stereocenters. The van der Waals surface area contributed by atoms with Crippen molar-refractivity contribution in [3.63, 3.8) is 0 Å². The molecule has 6 N–H and O–H groups in total. The third kappa shape index (κ3) is 3.87. The molecule has 1 saturated heterocycles. The zero-order valence-corrected chi connectivity index (χ0v) is 11.2. The summed E-state index contributed by atoms with van der Waals surface area (Å²) in [5.41, 5.74) is 0. The van der Waals surface area contributed by atoms with Crippen LogP contribution in [0.5, 0.6) is 0 Å². The Morgan fingerprint density at radius 1 is 1.48 bits per heavy atom. The molecule has 0 aromatic rings. The van der Waals surface area contributed by atoms with Gasteiger partial charge in [0.05, 0.1) is 18.8 Å². The Morgan fingerprint density at radius 2 is 2.05 bits per heavy atom. The number of nitrogens with one attached hydrogen (secondary N) is 1. The molecule has 0 spiro atoms. The number of ether oxygens (including phenoxy) is 1. The van der Waals surface area contributed by atoms with Gasteiger partial charge in [-0.15, -0.1) is 0 Å². The van der Waals surface area contributed by atoms with Crippen LogP contribution in [0.25, 0.3) is 0 Å². The number of aliphatic carboxylic acids is 1. The fourth-order valence-electron chi connectivity index (χ4n) is 2.13. The van der Waals surface area contributed by atoms with Gasteiger partial charge in [0.25, 0.3) is 0 Å². The Morgan fingerprint density at radius 3 is 2.48 bits per heavy atom. The monoisotopic (exact) mass is 308 g/mol. The second kappa shape index (κ2) is 6.64. The van der Waals surface area contributed by atoms with Crippen molar-refractivity contribution in [2.24, 2.45) is 0 Å². The van der Waals surface area contributed by atoms with Crippen LogP contribution < -0.4 is 10.4 Å². The summed E-state index contributed by atoms with van der Waals surface area (Å²) < 4.78 is 4.80. The van der Waals surface area contributed by atoms with Crippen LogP contribution in [0.3, 0.4) is 0 Å². The van der Waals surface area contributed by atoms with Crippen LogP contribution in [0.1, 0.15) is 13.3 Å². The van der Waals surface area contributed by atoms with E-state index < -0.39 is 61.1 Å². The molecule has 10 nitrogen and oxygen atoms in total. The van der Waals surface area contributed by atoms with Gasteiger partial charge in [0.1, 0.15) is 24.3 Å². The highest BCUT2D eigenvalue weighted by atomic mass is 16.7. The molecule has 0 saturated carbocycles. The van der Waals surface area contributed by atoms with Crippen molar-refractivity contribution in [1.82, 2.24) is 5.32 Å². The molecular weight excluding hydrogens is 290 g/mol. The second-order valence-electron chi connectivity index (χ2n) is 4.89. The molecule has 10 heteroatoms. The molecule has 122 valence electrons. The van der Waals surface area contributed by atoms with E-state index >= 15 is 0 Å². The maximum atomic E-state index is 11.1. The van der Waals surface area contributed by atoms with E-state index in [1.165, 1.54) is 0 Å². The normalized spacial score (nSPS) is 35.8. The van der Waals surface area contributed by atoms with E-state index in [-0.39, 0.29) is 0 Å². The fraction of sp³-hybridized carbons (Fsp3) is 0.818. The molecule has 6 atom stereocenters. The molecule has 1 aliphatic heterocycles. The lowest BCUT2D eigenvalue weighted by atomic mass is 9.88. The minimum absolute atomic E-state index is 0.614. The highest BCUT2D eigenvalue weighted by Crippen LogP contribution is 2.29. The van der Waals surface area contributed by atoms with Crippen LogP contribution in [0.4, 0.5) is 0 Å². The van der Waals surface area contributed by atoms with Crippen LogP contribution in [-0.4, -0.2) is 80.3 Å². The Bertz CT molecular complexity index is 403. The molecule has 1 amide bonds. The number of hydrogen-bond donors (Lipinski definition) is 6. The number of carboxylic acids is 1. The molecule has 0 radical (unpaired) electrons. The largest absolute Gasteiger partial charge is 0.544 e. The summed E-state index contributed by atoms with van der Waals surface area (Å²) in [7, 11) is 0. The summed E-state index contributed by atoms with van der Waals surface area (Å²) in [6, 6.07) is -1.29. The van der Waals surface area contributed by atoms with Crippen LogP contribution in [0, 0.1) is 0 Å². The topological polar surface area (TPSA) is 180 Å². The Hall–Kier alpha value is -1.30. The number of hydrogen-bond acceptors (Lipinski definition) is 9. The maximum absolute atomic E-state index is 11.1. The first kappa shape index (κ1) is 17.8. The maximum Gasteiger partial charge on any atom is 0.217 e. The van der Waals surface area contributed by atoms with Gasteiger partial charge in [0, 0.05) is 13.3 Å². The summed E-state index contributed by atoms with van der Waals surface area (Å²) in [6.45, 7) is 0.228. The highest BCUT2D eigenvalue weighted by molar-refractivity contribution is 5.74. The number of carboxylic acid groups (broad SMARTS) is 1. The van der Waals surface area contributed by atoms with E-state index in [2.05, 4.69) is 5.32 Å². The van der Waals surface area contributed by atoms with E-state index in [1.807, 2.05) is 0 Å². The van der Waals surface area contributed by atoms with Gasteiger partial charge in [0.2, 0.25) is 11.7 Å². The van der Waals surface area contributed by atoms with Crippen molar-refractivity contribution in [1.29, 1.82) is 0 Å². The molecule has 0 bridgehead atoms. The number of carbonyl (C=O) groups is 2. The Balaban J connectivity index is 3.07. The lowest BCUT2D eigenvalue weighted by Gasteiger charge is -2.46. The SMILES string of the molecule is CC(=O)N[C@H]1[C@@H]([C@@H](O)[C@H](O)CO)O[C@](O)(C(=O)[O-])C[C@@H]1O. The van der Waals surface area contributed by atoms with Gasteiger partial charge >= 0.3 is 0 Å². The predicted molar refractivity (Wildman–Crippen MR) is 62.2 cm³/mol. The van der Waals surface area contributed by atoms with Crippen LogP contribution >= 0.6 is 0 Å². The van der Waals surface area contributed by atoms with Crippen molar-refractivity contribution in [2.45, 2.75) is 49.6 Å². The average molecular weight is 308 g/mol. The summed E-state index contributed by atoms with van der Waals surface area (Å²) in [6.07, 6.45) is -7.67. The highest BCUT2D eigenvalue weighted by Gasteiger charge is 2.50. The third-order valence-electron chi connectivity index (χ3n) is 3.19. The molecule has 21 heavy (non-hydrogen) atoms. The molecule has 0 aromatic heterocycles. The van der Waals surface area contributed by atoms with E-state index in [9.17, 15) is 35.1 Å². The summed E-state index contributed by atoms with van der Waals surface area (Å²) >= 11 is 0. The lowest BCUT2D eigenvalue weighted by molar-refractivity contribution is -0.374. The van der Waals surface area contributed by atoms with Crippen molar-refractivity contribution < 1.29 is 45.0 Å². The fourth-order valence-corrected chi connectivity index (χ4v) is 2.13. The molecule has 0 aliphatic carbocycles. The van der Waals surface area contributed by atoms with Gasteiger partial charge in [-0.25, -0.2) is 0 Å². The molecule has 1 rings (SSSR count). The zero-order chi connectivity index (χ0) is 16.4. The van der Waals surface area contributed by atoms with Crippen molar-refractivity contribution in [3.05, 3.63) is 0 Å². The first-order chi connectivity index (χ1) is 9.62. The van der Waals surface area contributed by atoms with Gasteiger partial charge in [-0.2, -0.15) is 0 Å². The number of amides is 1. The summed E-state index contributed by atoms with van der Waals surface area (Å²) in [5, 5.41) is 60.8. The first-order valence-corrected chi connectivity index (χ1v) is 6.16. The van der Waals surface area contributed by atoms with Crippen molar-refractivity contribution in [2.75, 3.05) is 6.61 Å². The number of carbonyl (C=O) groups excluding carboxylic acids is 2. The zero-order valence-electron chi connectivity index (χ0n) is 11.2. The molecule has 0 aromatic carbocycles. The van der Waals surface area contributed by atoms with Crippen LogP contribution in [0.2, 0.25) is 0 Å². The minimum atomic E-state index is -2.89. The van der Waals surface area contributed by atoms with Gasteiger partial charge in [-0.05, 0) is 0 Å². The van der Waals surface area contributed by atoms with E-state index in [1.54, 1.807) is 0 Å². The number of rotatable bonds is 5. The van der Waals surface area contributed by atoms with Gasteiger partial charge < -0.3 is 45.5 Å². The number of aliphatic hydroxyl groups excluding tert-OH is 4. The molecule has 1 fully saturated rings. The first-order valence-electron chi connectivity index (χ1n) is 6.16.